The minimum Gasteiger partial charge on any atom is -0.352 e. The molecule has 0 aliphatic carbocycles. The largest absolute Gasteiger partial charge is 0.352 e. The molecular weight excluding hydrogens is 304 g/mol. The first-order chi connectivity index (χ1) is 8.93. The van der Waals surface area contributed by atoms with Crippen molar-refractivity contribution in [3.63, 3.8) is 0 Å². The first-order valence-corrected chi connectivity index (χ1v) is 7.53. The van der Waals surface area contributed by atoms with Crippen LogP contribution in [0, 0.1) is 5.92 Å². The molecule has 0 saturated heterocycles. The van der Waals surface area contributed by atoms with Gasteiger partial charge in [0.15, 0.2) is 0 Å². The van der Waals surface area contributed by atoms with Gasteiger partial charge < -0.3 is 11.1 Å². The van der Waals surface area contributed by atoms with E-state index in [0.29, 0.717) is 0 Å². The second kappa shape index (κ2) is 7.65. The monoisotopic (exact) mass is 326 g/mol. The summed E-state index contributed by atoms with van der Waals surface area (Å²) in [6, 6.07) is 7.80. The normalized spacial score (nSPS) is 15.6. The third kappa shape index (κ3) is 5.33. The lowest BCUT2D eigenvalue weighted by Gasteiger charge is -2.21. The van der Waals surface area contributed by atoms with Crippen LogP contribution in [-0.4, -0.2) is 18.0 Å². The molecule has 3 nitrogen and oxygen atoms in total. The van der Waals surface area contributed by atoms with Crippen molar-refractivity contribution in [1.29, 1.82) is 0 Å². The van der Waals surface area contributed by atoms with Crippen LogP contribution >= 0.6 is 15.9 Å². The van der Waals surface area contributed by atoms with E-state index in [1.54, 1.807) is 0 Å². The minimum atomic E-state index is -0.419. The van der Waals surface area contributed by atoms with Crippen LogP contribution in [0.5, 0.6) is 0 Å². The fourth-order valence-electron chi connectivity index (χ4n) is 1.88. The van der Waals surface area contributed by atoms with E-state index in [4.69, 9.17) is 5.73 Å². The van der Waals surface area contributed by atoms with Crippen LogP contribution in [0.25, 0.3) is 0 Å². The summed E-state index contributed by atoms with van der Waals surface area (Å²) in [6.07, 6.45) is 1.72. The third-order valence-electron chi connectivity index (χ3n) is 3.40. The Labute approximate surface area is 124 Å². The van der Waals surface area contributed by atoms with Gasteiger partial charge in [0.1, 0.15) is 0 Å². The Balaban J connectivity index is 2.48. The van der Waals surface area contributed by atoms with Crippen LogP contribution in [-0.2, 0) is 11.2 Å². The topological polar surface area (TPSA) is 55.1 Å². The van der Waals surface area contributed by atoms with Gasteiger partial charge in [-0.25, -0.2) is 0 Å². The van der Waals surface area contributed by atoms with Crippen molar-refractivity contribution in [2.45, 2.75) is 45.7 Å². The molecule has 0 spiro atoms. The Morgan fingerprint density at radius 3 is 2.42 bits per heavy atom. The van der Waals surface area contributed by atoms with Crippen LogP contribution < -0.4 is 11.1 Å². The second-order valence-electron chi connectivity index (χ2n) is 5.15. The van der Waals surface area contributed by atoms with Crippen molar-refractivity contribution < 1.29 is 4.79 Å². The average Bonchev–Trinajstić information content (AvgIpc) is 2.39. The number of hydrogen-bond acceptors (Lipinski definition) is 2. The van der Waals surface area contributed by atoms with E-state index in [0.717, 1.165) is 17.3 Å². The van der Waals surface area contributed by atoms with Crippen LogP contribution in [0.1, 0.15) is 32.8 Å². The number of halogens is 1. The molecule has 1 aromatic rings. The molecule has 3 N–H and O–H groups in total. The summed E-state index contributed by atoms with van der Waals surface area (Å²) in [5, 5.41) is 2.98. The predicted molar refractivity (Wildman–Crippen MR) is 82.9 cm³/mol. The van der Waals surface area contributed by atoms with E-state index in [1.165, 1.54) is 5.56 Å². The predicted octanol–water partition coefficient (Wildman–Crippen LogP) is 2.87. The Morgan fingerprint density at radius 2 is 1.89 bits per heavy atom. The van der Waals surface area contributed by atoms with Crippen molar-refractivity contribution in [2.24, 2.45) is 11.7 Å². The van der Waals surface area contributed by atoms with Crippen LogP contribution in [0.3, 0.4) is 0 Å². The average molecular weight is 327 g/mol. The summed E-state index contributed by atoms with van der Waals surface area (Å²) >= 11 is 3.41. The van der Waals surface area contributed by atoms with Crippen LogP contribution in [0.15, 0.2) is 28.7 Å². The molecule has 0 saturated carbocycles. The van der Waals surface area contributed by atoms with Gasteiger partial charge in [0.2, 0.25) is 5.91 Å². The molecule has 2 unspecified atom stereocenters. The summed E-state index contributed by atoms with van der Waals surface area (Å²) < 4.78 is 1.06. The van der Waals surface area contributed by atoms with Crippen LogP contribution in [0.2, 0.25) is 0 Å². The number of hydrogen-bond donors (Lipinski definition) is 2. The lowest BCUT2D eigenvalue weighted by atomic mass is 9.98. The zero-order chi connectivity index (χ0) is 14.4. The van der Waals surface area contributed by atoms with Crippen molar-refractivity contribution in [3.8, 4) is 0 Å². The SMILES string of the molecule is CCC(C)[C@H](N)C(=O)NC(C)Cc1ccc(Br)cc1. The van der Waals surface area contributed by atoms with E-state index in [-0.39, 0.29) is 17.9 Å². The van der Waals surface area contributed by atoms with E-state index in [9.17, 15) is 4.79 Å². The highest BCUT2D eigenvalue weighted by Gasteiger charge is 2.20. The fourth-order valence-corrected chi connectivity index (χ4v) is 2.14. The zero-order valence-electron chi connectivity index (χ0n) is 11.8. The van der Waals surface area contributed by atoms with Crippen LogP contribution in [0.4, 0.5) is 0 Å². The van der Waals surface area contributed by atoms with Gasteiger partial charge in [0.05, 0.1) is 6.04 Å². The summed E-state index contributed by atoms with van der Waals surface area (Å²) in [5.41, 5.74) is 7.12. The van der Waals surface area contributed by atoms with Gasteiger partial charge in [0, 0.05) is 10.5 Å². The molecule has 0 bridgehead atoms. The first kappa shape index (κ1) is 16.2. The summed E-state index contributed by atoms with van der Waals surface area (Å²) in [4.78, 5) is 12.0. The standard InChI is InChI=1S/C15H23BrN2O/c1-4-10(2)14(17)15(19)18-11(3)9-12-5-7-13(16)8-6-12/h5-8,10-11,14H,4,9,17H2,1-3H3,(H,18,19)/t10?,11?,14-/m0/s1. The molecule has 0 aliphatic rings. The van der Waals surface area contributed by atoms with Gasteiger partial charge in [-0.1, -0.05) is 48.3 Å². The first-order valence-electron chi connectivity index (χ1n) is 6.74. The van der Waals surface area contributed by atoms with Crippen molar-refractivity contribution >= 4 is 21.8 Å². The molecule has 0 radical (unpaired) electrons. The van der Waals surface area contributed by atoms with Crippen molar-refractivity contribution in [3.05, 3.63) is 34.3 Å². The Morgan fingerprint density at radius 1 is 1.32 bits per heavy atom. The van der Waals surface area contributed by atoms with Gasteiger partial charge in [-0.3, -0.25) is 4.79 Å². The van der Waals surface area contributed by atoms with Gasteiger partial charge in [-0.2, -0.15) is 0 Å². The summed E-state index contributed by atoms with van der Waals surface area (Å²) in [6.45, 7) is 6.05. The molecule has 0 aromatic heterocycles. The highest BCUT2D eigenvalue weighted by atomic mass is 79.9. The number of nitrogens with one attached hydrogen (secondary N) is 1. The maximum absolute atomic E-state index is 12.0. The molecular formula is C15H23BrN2O. The summed E-state index contributed by atoms with van der Waals surface area (Å²) in [5.74, 6) is 0.152. The highest BCUT2D eigenvalue weighted by Crippen LogP contribution is 2.12. The molecule has 1 amide bonds. The van der Waals surface area contributed by atoms with Gasteiger partial charge >= 0.3 is 0 Å². The molecule has 0 aliphatic heterocycles. The third-order valence-corrected chi connectivity index (χ3v) is 3.93. The number of carbonyl (C=O) groups excluding carboxylic acids is 1. The molecule has 19 heavy (non-hydrogen) atoms. The smallest absolute Gasteiger partial charge is 0.237 e. The van der Waals surface area contributed by atoms with E-state index in [2.05, 4.69) is 33.4 Å². The molecule has 4 heteroatoms. The van der Waals surface area contributed by atoms with E-state index >= 15 is 0 Å². The van der Waals surface area contributed by atoms with E-state index in [1.807, 2.05) is 32.9 Å². The Hall–Kier alpha value is -0.870. The minimum absolute atomic E-state index is 0.0565. The van der Waals surface area contributed by atoms with Gasteiger partial charge in [0.25, 0.3) is 0 Å². The highest BCUT2D eigenvalue weighted by molar-refractivity contribution is 9.10. The maximum Gasteiger partial charge on any atom is 0.237 e. The Bertz CT molecular complexity index is 405. The van der Waals surface area contributed by atoms with Crippen molar-refractivity contribution in [2.75, 3.05) is 0 Å². The molecule has 0 fully saturated rings. The fraction of sp³-hybridized carbons (Fsp3) is 0.533. The lowest BCUT2D eigenvalue weighted by Crippen LogP contribution is -2.48. The lowest BCUT2D eigenvalue weighted by molar-refractivity contribution is -0.124. The maximum atomic E-state index is 12.0. The number of nitrogens with two attached hydrogens (primary N) is 1. The molecule has 1 rings (SSSR count). The van der Waals surface area contributed by atoms with Gasteiger partial charge in [-0.15, -0.1) is 0 Å². The van der Waals surface area contributed by atoms with E-state index < -0.39 is 6.04 Å². The molecule has 106 valence electrons. The molecule has 0 heterocycles. The number of carbonyl (C=O) groups is 1. The molecule has 1 aromatic carbocycles. The quantitative estimate of drug-likeness (QED) is 0.844. The van der Waals surface area contributed by atoms with Gasteiger partial charge in [-0.05, 0) is 37.0 Å². The Kier molecular flexibility index (Phi) is 6.52. The molecule has 3 atom stereocenters. The number of benzene rings is 1. The summed E-state index contributed by atoms with van der Waals surface area (Å²) in [7, 11) is 0. The second-order valence-corrected chi connectivity index (χ2v) is 6.07. The zero-order valence-corrected chi connectivity index (χ0v) is 13.4. The van der Waals surface area contributed by atoms with Crippen molar-refractivity contribution in [1.82, 2.24) is 5.32 Å². The number of rotatable bonds is 6. The number of amides is 1.